The summed E-state index contributed by atoms with van der Waals surface area (Å²) < 4.78 is 0. The highest BCUT2D eigenvalue weighted by atomic mass is 16.4. The maximum atomic E-state index is 12.3. The third-order valence-electron chi connectivity index (χ3n) is 4.08. The molecule has 0 fully saturated rings. The summed E-state index contributed by atoms with van der Waals surface area (Å²) in [4.78, 5) is 69.0. The van der Waals surface area contributed by atoms with Crippen LogP contribution in [0.4, 0.5) is 0 Å². The number of rotatable bonds is 13. The van der Waals surface area contributed by atoms with Gasteiger partial charge in [0.25, 0.3) is 0 Å². The highest BCUT2D eigenvalue weighted by Gasteiger charge is 2.27. The molecule has 174 valence electrons. The number of amides is 3. The van der Waals surface area contributed by atoms with Gasteiger partial charge in [0.15, 0.2) is 0 Å². The molecular formula is C19H24N4O9. The SMILES string of the molecule is NC(Cc1ccccc1)C(=O)NC(CC(=O)O)C(=O)NCC(=O)NC(CC(=O)O)C(=O)O. The van der Waals surface area contributed by atoms with Crippen LogP contribution in [0.1, 0.15) is 18.4 Å². The maximum absolute atomic E-state index is 12.3. The molecule has 0 aliphatic heterocycles. The summed E-state index contributed by atoms with van der Waals surface area (Å²) in [5.41, 5.74) is 6.57. The minimum Gasteiger partial charge on any atom is -0.481 e. The average molecular weight is 452 g/mol. The van der Waals surface area contributed by atoms with Crippen molar-refractivity contribution in [3.63, 3.8) is 0 Å². The van der Waals surface area contributed by atoms with Crippen molar-refractivity contribution in [2.75, 3.05) is 6.54 Å². The zero-order valence-electron chi connectivity index (χ0n) is 16.8. The van der Waals surface area contributed by atoms with E-state index in [4.69, 9.17) is 21.1 Å². The summed E-state index contributed by atoms with van der Waals surface area (Å²) >= 11 is 0. The molecule has 3 unspecified atom stereocenters. The number of carboxylic acid groups (broad SMARTS) is 3. The number of hydrogen-bond acceptors (Lipinski definition) is 7. The van der Waals surface area contributed by atoms with E-state index < -0.39 is 73.1 Å². The molecule has 0 radical (unpaired) electrons. The van der Waals surface area contributed by atoms with Gasteiger partial charge in [-0.15, -0.1) is 0 Å². The van der Waals surface area contributed by atoms with Crippen LogP contribution in [-0.4, -0.2) is 75.6 Å². The van der Waals surface area contributed by atoms with Crippen LogP contribution in [-0.2, 0) is 35.2 Å². The molecule has 0 saturated heterocycles. The van der Waals surface area contributed by atoms with Gasteiger partial charge in [-0.3, -0.25) is 24.0 Å². The Kier molecular flexibility index (Phi) is 10.3. The van der Waals surface area contributed by atoms with Gasteiger partial charge < -0.3 is 37.0 Å². The minimum absolute atomic E-state index is 0.136. The lowest BCUT2D eigenvalue weighted by atomic mass is 10.1. The smallest absolute Gasteiger partial charge is 0.326 e. The largest absolute Gasteiger partial charge is 0.481 e. The monoisotopic (exact) mass is 452 g/mol. The summed E-state index contributed by atoms with van der Waals surface area (Å²) in [6.07, 6.45) is -1.54. The second-order valence-corrected chi connectivity index (χ2v) is 6.73. The van der Waals surface area contributed by atoms with Crippen LogP contribution in [0.2, 0.25) is 0 Å². The van der Waals surface area contributed by atoms with Crippen molar-refractivity contribution in [1.29, 1.82) is 0 Å². The molecule has 0 aliphatic rings. The molecule has 0 spiro atoms. The van der Waals surface area contributed by atoms with E-state index in [0.29, 0.717) is 0 Å². The predicted molar refractivity (Wildman–Crippen MR) is 107 cm³/mol. The fraction of sp³-hybridized carbons (Fsp3) is 0.368. The second kappa shape index (κ2) is 12.6. The maximum Gasteiger partial charge on any atom is 0.326 e. The fourth-order valence-electron chi connectivity index (χ4n) is 2.53. The molecule has 32 heavy (non-hydrogen) atoms. The summed E-state index contributed by atoms with van der Waals surface area (Å²) in [7, 11) is 0. The van der Waals surface area contributed by atoms with Crippen molar-refractivity contribution in [3.05, 3.63) is 35.9 Å². The topological polar surface area (TPSA) is 225 Å². The highest BCUT2D eigenvalue weighted by molar-refractivity contribution is 5.94. The Labute approximate surface area is 182 Å². The molecule has 1 aromatic rings. The Balaban J connectivity index is 2.67. The van der Waals surface area contributed by atoms with Crippen LogP contribution in [0.25, 0.3) is 0 Å². The Morgan fingerprint density at radius 2 is 1.38 bits per heavy atom. The predicted octanol–water partition coefficient (Wildman–Crippen LogP) is -2.32. The van der Waals surface area contributed by atoms with Crippen molar-refractivity contribution < 1.29 is 44.1 Å². The molecule has 3 amide bonds. The summed E-state index contributed by atoms with van der Waals surface area (Å²) in [5, 5.41) is 32.8. The van der Waals surface area contributed by atoms with Gasteiger partial charge >= 0.3 is 17.9 Å². The van der Waals surface area contributed by atoms with Gasteiger partial charge in [0, 0.05) is 0 Å². The van der Waals surface area contributed by atoms with Crippen LogP contribution in [0.15, 0.2) is 30.3 Å². The number of nitrogens with two attached hydrogens (primary N) is 1. The van der Waals surface area contributed by atoms with Gasteiger partial charge in [0.1, 0.15) is 12.1 Å². The minimum atomic E-state index is -1.72. The Morgan fingerprint density at radius 3 is 1.91 bits per heavy atom. The zero-order chi connectivity index (χ0) is 24.3. The average Bonchev–Trinajstić information content (AvgIpc) is 2.70. The Bertz CT molecular complexity index is 860. The van der Waals surface area contributed by atoms with E-state index >= 15 is 0 Å². The Hall–Kier alpha value is -4.00. The van der Waals surface area contributed by atoms with Crippen LogP contribution >= 0.6 is 0 Å². The van der Waals surface area contributed by atoms with Crippen LogP contribution in [0, 0.1) is 0 Å². The van der Waals surface area contributed by atoms with E-state index in [1.165, 1.54) is 0 Å². The van der Waals surface area contributed by atoms with Crippen LogP contribution < -0.4 is 21.7 Å². The molecule has 1 rings (SSSR count). The van der Waals surface area contributed by atoms with Gasteiger partial charge in [0.2, 0.25) is 17.7 Å². The van der Waals surface area contributed by atoms with Gasteiger partial charge in [-0.1, -0.05) is 30.3 Å². The molecule has 0 saturated carbocycles. The fourth-order valence-corrected chi connectivity index (χ4v) is 2.53. The van der Waals surface area contributed by atoms with Crippen molar-refractivity contribution in [1.82, 2.24) is 16.0 Å². The number of benzene rings is 1. The van der Waals surface area contributed by atoms with E-state index in [1.54, 1.807) is 30.3 Å². The van der Waals surface area contributed by atoms with Gasteiger partial charge in [-0.05, 0) is 12.0 Å². The molecule has 1 aromatic carbocycles. The van der Waals surface area contributed by atoms with E-state index in [9.17, 15) is 28.8 Å². The van der Waals surface area contributed by atoms with E-state index in [0.717, 1.165) is 5.56 Å². The van der Waals surface area contributed by atoms with Crippen molar-refractivity contribution in [2.45, 2.75) is 37.4 Å². The van der Waals surface area contributed by atoms with Crippen LogP contribution in [0.5, 0.6) is 0 Å². The second-order valence-electron chi connectivity index (χ2n) is 6.73. The van der Waals surface area contributed by atoms with E-state index in [1.807, 2.05) is 5.32 Å². The number of nitrogens with one attached hydrogen (secondary N) is 3. The van der Waals surface area contributed by atoms with E-state index in [-0.39, 0.29) is 6.42 Å². The molecule has 13 heteroatoms. The van der Waals surface area contributed by atoms with Crippen molar-refractivity contribution >= 4 is 35.6 Å². The van der Waals surface area contributed by atoms with Crippen molar-refractivity contribution in [2.24, 2.45) is 5.73 Å². The van der Waals surface area contributed by atoms with Crippen LogP contribution in [0.3, 0.4) is 0 Å². The molecular weight excluding hydrogens is 428 g/mol. The zero-order valence-corrected chi connectivity index (χ0v) is 16.8. The highest BCUT2D eigenvalue weighted by Crippen LogP contribution is 2.03. The van der Waals surface area contributed by atoms with Gasteiger partial charge in [-0.25, -0.2) is 4.79 Å². The lowest BCUT2D eigenvalue weighted by Gasteiger charge is -2.20. The summed E-state index contributed by atoms with van der Waals surface area (Å²) in [6, 6.07) is 4.40. The first kappa shape index (κ1) is 26.0. The third kappa shape index (κ3) is 9.67. The standard InChI is InChI=1S/C19H24N4O9/c20-11(6-10-4-2-1-3-5-10)17(29)23-12(7-15(25)26)18(30)21-9-14(24)22-13(19(31)32)8-16(27)28/h1-5,11-13H,6-9,20H2,(H,21,30)(H,22,24)(H,23,29)(H,25,26)(H,27,28)(H,31,32). The number of hydrogen-bond donors (Lipinski definition) is 7. The number of carboxylic acids is 3. The number of carbonyl (C=O) groups is 6. The van der Waals surface area contributed by atoms with Gasteiger partial charge in [0.05, 0.1) is 25.4 Å². The molecule has 3 atom stereocenters. The number of aliphatic carboxylic acids is 3. The first-order chi connectivity index (χ1) is 15.0. The molecule has 0 aromatic heterocycles. The summed E-state index contributed by atoms with van der Waals surface area (Å²) in [5.74, 6) is -7.28. The summed E-state index contributed by atoms with van der Waals surface area (Å²) in [6.45, 7) is -0.774. The molecule has 8 N–H and O–H groups in total. The molecule has 0 heterocycles. The molecule has 0 bridgehead atoms. The molecule has 0 aliphatic carbocycles. The third-order valence-corrected chi connectivity index (χ3v) is 4.08. The molecule has 13 nitrogen and oxygen atoms in total. The van der Waals surface area contributed by atoms with Gasteiger partial charge in [-0.2, -0.15) is 0 Å². The Morgan fingerprint density at radius 1 is 0.812 bits per heavy atom. The first-order valence-electron chi connectivity index (χ1n) is 9.33. The quantitative estimate of drug-likeness (QED) is 0.169. The first-order valence-corrected chi connectivity index (χ1v) is 9.33. The van der Waals surface area contributed by atoms with Crippen molar-refractivity contribution in [3.8, 4) is 0 Å². The normalized spacial score (nSPS) is 13.2. The lowest BCUT2D eigenvalue weighted by Crippen LogP contribution is -2.54. The number of carbonyl (C=O) groups excluding carboxylic acids is 3. The lowest BCUT2D eigenvalue weighted by molar-refractivity contribution is -0.147. The van der Waals surface area contributed by atoms with E-state index in [2.05, 4.69) is 10.6 Å².